The first-order valence-electron chi connectivity index (χ1n) is 5.85. The molecule has 3 nitrogen and oxygen atoms in total. The lowest BCUT2D eigenvalue weighted by atomic mass is 9.93. The number of hydrogen-bond donors (Lipinski definition) is 2. The lowest BCUT2D eigenvalue weighted by Gasteiger charge is -2.34. The molecule has 2 aliphatic rings. The Labute approximate surface area is 95.8 Å². The number of thioether (sulfide) groups is 1. The molecule has 0 aromatic carbocycles. The summed E-state index contributed by atoms with van der Waals surface area (Å²) in [6.07, 6.45) is 7.17. The molecule has 0 radical (unpaired) electrons. The Morgan fingerprint density at radius 1 is 1.33 bits per heavy atom. The van der Waals surface area contributed by atoms with Crippen molar-refractivity contribution in [3.05, 3.63) is 0 Å². The number of nitrogens with one attached hydrogen (secondary N) is 2. The Morgan fingerprint density at radius 2 is 2.07 bits per heavy atom. The van der Waals surface area contributed by atoms with Gasteiger partial charge in [-0.25, -0.2) is 0 Å². The van der Waals surface area contributed by atoms with Crippen molar-refractivity contribution >= 4 is 17.7 Å². The van der Waals surface area contributed by atoms with Gasteiger partial charge in [0.2, 0.25) is 5.91 Å². The maximum atomic E-state index is 11.8. The van der Waals surface area contributed by atoms with Crippen molar-refractivity contribution in [2.24, 2.45) is 5.92 Å². The maximum absolute atomic E-state index is 11.8. The first-order valence-corrected chi connectivity index (χ1v) is 7.14. The fraction of sp³-hybridized carbons (Fsp3) is 0.909. The Hall–Kier alpha value is -0.220. The molecule has 1 saturated heterocycles. The van der Waals surface area contributed by atoms with Crippen LogP contribution in [0.1, 0.15) is 25.7 Å². The molecule has 2 atom stereocenters. The molecule has 2 rings (SSSR count). The first kappa shape index (κ1) is 11.3. The summed E-state index contributed by atoms with van der Waals surface area (Å²) >= 11 is 1.90. The van der Waals surface area contributed by atoms with Crippen LogP contribution in [0.4, 0.5) is 0 Å². The van der Waals surface area contributed by atoms with Crippen LogP contribution in [0.15, 0.2) is 0 Å². The summed E-state index contributed by atoms with van der Waals surface area (Å²) in [5.41, 5.74) is 0. The lowest BCUT2D eigenvalue weighted by molar-refractivity contribution is -0.127. The normalized spacial score (nSPS) is 32.1. The van der Waals surface area contributed by atoms with E-state index in [4.69, 9.17) is 0 Å². The van der Waals surface area contributed by atoms with Gasteiger partial charge in [-0.3, -0.25) is 4.79 Å². The lowest BCUT2D eigenvalue weighted by Crippen LogP contribution is -2.54. The van der Waals surface area contributed by atoms with E-state index in [1.807, 2.05) is 11.8 Å². The monoisotopic (exact) mass is 228 g/mol. The van der Waals surface area contributed by atoms with Crippen molar-refractivity contribution in [3.63, 3.8) is 0 Å². The third kappa shape index (κ3) is 2.67. The van der Waals surface area contributed by atoms with Gasteiger partial charge in [-0.1, -0.05) is 12.8 Å². The number of amides is 1. The van der Waals surface area contributed by atoms with Crippen molar-refractivity contribution in [2.45, 2.75) is 37.0 Å². The fourth-order valence-corrected chi connectivity index (χ4v) is 3.25. The van der Waals surface area contributed by atoms with E-state index in [-0.39, 0.29) is 11.8 Å². The third-order valence-corrected chi connectivity index (χ3v) is 4.65. The standard InChI is InChI=1S/C11H20N2OS/c1-15-10-5-3-2-4-9(10)13-11(14)8-6-12-7-8/h8-10,12H,2-7H2,1H3,(H,13,14). The molecular weight excluding hydrogens is 208 g/mol. The van der Waals surface area contributed by atoms with E-state index >= 15 is 0 Å². The molecule has 1 heterocycles. The molecule has 1 aliphatic heterocycles. The quantitative estimate of drug-likeness (QED) is 0.757. The van der Waals surface area contributed by atoms with Crippen LogP contribution in [0.5, 0.6) is 0 Å². The molecule has 86 valence electrons. The predicted molar refractivity (Wildman–Crippen MR) is 64.1 cm³/mol. The summed E-state index contributed by atoms with van der Waals surface area (Å²) in [5, 5.41) is 7.00. The van der Waals surface area contributed by atoms with Gasteiger partial charge in [-0.2, -0.15) is 11.8 Å². The molecule has 1 saturated carbocycles. The van der Waals surface area contributed by atoms with Crippen LogP contribution in [0.3, 0.4) is 0 Å². The van der Waals surface area contributed by atoms with Crippen LogP contribution >= 0.6 is 11.8 Å². The molecule has 2 N–H and O–H groups in total. The summed E-state index contributed by atoms with van der Waals surface area (Å²) in [6, 6.07) is 0.418. The van der Waals surface area contributed by atoms with Crippen LogP contribution in [-0.4, -0.2) is 36.5 Å². The van der Waals surface area contributed by atoms with Gasteiger partial charge in [0, 0.05) is 24.4 Å². The minimum Gasteiger partial charge on any atom is -0.352 e. The van der Waals surface area contributed by atoms with Crippen molar-refractivity contribution in [1.29, 1.82) is 0 Å². The minimum absolute atomic E-state index is 0.231. The van der Waals surface area contributed by atoms with E-state index in [1.165, 1.54) is 19.3 Å². The predicted octanol–water partition coefficient (Wildman–Crippen LogP) is 0.996. The Morgan fingerprint density at radius 3 is 2.67 bits per heavy atom. The number of hydrogen-bond acceptors (Lipinski definition) is 3. The molecule has 0 aromatic rings. The Kier molecular flexibility index (Phi) is 3.92. The van der Waals surface area contributed by atoms with Crippen LogP contribution < -0.4 is 10.6 Å². The molecule has 15 heavy (non-hydrogen) atoms. The molecule has 2 unspecified atom stereocenters. The topological polar surface area (TPSA) is 41.1 Å². The van der Waals surface area contributed by atoms with Crippen LogP contribution in [0.25, 0.3) is 0 Å². The summed E-state index contributed by atoms with van der Waals surface area (Å²) in [4.78, 5) is 11.8. The van der Waals surface area contributed by atoms with Gasteiger partial charge in [-0.05, 0) is 19.1 Å². The van der Waals surface area contributed by atoms with Gasteiger partial charge >= 0.3 is 0 Å². The second kappa shape index (κ2) is 5.21. The second-order valence-electron chi connectivity index (χ2n) is 4.53. The molecule has 0 aromatic heterocycles. The van der Waals surface area contributed by atoms with Crippen LogP contribution in [-0.2, 0) is 4.79 Å². The van der Waals surface area contributed by atoms with Gasteiger partial charge in [-0.15, -0.1) is 0 Å². The highest BCUT2D eigenvalue weighted by atomic mass is 32.2. The van der Waals surface area contributed by atoms with E-state index in [2.05, 4.69) is 16.9 Å². The zero-order valence-electron chi connectivity index (χ0n) is 9.29. The molecule has 2 fully saturated rings. The Bertz CT molecular complexity index is 231. The third-order valence-electron chi connectivity index (χ3n) is 3.49. The SMILES string of the molecule is CSC1CCCCC1NC(=O)C1CNC1. The van der Waals surface area contributed by atoms with Crippen LogP contribution in [0.2, 0.25) is 0 Å². The summed E-state index contributed by atoms with van der Waals surface area (Å²) in [5.74, 6) is 0.495. The van der Waals surface area contributed by atoms with Crippen molar-refractivity contribution in [1.82, 2.24) is 10.6 Å². The summed E-state index contributed by atoms with van der Waals surface area (Å²) in [6.45, 7) is 1.73. The van der Waals surface area contributed by atoms with Gasteiger partial charge in [0.05, 0.1) is 5.92 Å². The van der Waals surface area contributed by atoms with Crippen LogP contribution in [0, 0.1) is 5.92 Å². The first-order chi connectivity index (χ1) is 7.31. The Balaban J connectivity index is 1.82. The highest BCUT2D eigenvalue weighted by Crippen LogP contribution is 2.27. The molecule has 4 heteroatoms. The zero-order chi connectivity index (χ0) is 10.7. The average molecular weight is 228 g/mol. The largest absolute Gasteiger partial charge is 0.352 e. The minimum atomic E-state index is 0.231. The van der Waals surface area contributed by atoms with Crippen molar-refractivity contribution < 1.29 is 4.79 Å². The van der Waals surface area contributed by atoms with Crippen molar-refractivity contribution in [2.75, 3.05) is 19.3 Å². The molecule has 1 aliphatic carbocycles. The van der Waals surface area contributed by atoms with E-state index < -0.39 is 0 Å². The highest BCUT2D eigenvalue weighted by molar-refractivity contribution is 7.99. The average Bonchev–Trinajstić information content (AvgIpc) is 2.15. The van der Waals surface area contributed by atoms with E-state index in [1.54, 1.807) is 0 Å². The summed E-state index contributed by atoms with van der Waals surface area (Å²) in [7, 11) is 0. The molecule has 0 bridgehead atoms. The molecular formula is C11H20N2OS. The summed E-state index contributed by atoms with van der Waals surface area (Å²) < 4.78 is 0. The fourth-order valence-electron chi connectivity index (χ4n) is 2.32. The van der Waals surface area contributed by atoms with E-state index in [0.29, 0.717) is 11.3 Å². The van der Waals surface area contributed by atoms with Gasteiger partial charge in [0.1, 0.15) is 0 Å². The van der Waals surface area contributed by atoms with Gasteiger partial charge < -0.3 is 10.6 Å². The van der Waals surface area contributed by atoms with E-state index in [9.17, 15) is 4.79 Å². The van der Waals surface area contributed by atoms with E-state index in [0.717, 1.165) is 19.5 Å². The van der Waals surface area contributed by atoms with Crippen molar-refractivity contribution in [3.8, 4) is 0 Å². The number of carbonyl (C=O) groups is 1. The highest BCUT2D eigenvalue weighted by Gasteiger charge is 2.30. The smallest absolute Gasteiger partial charge is 0.225 e. The van der Waals surface area contributed by atoms with Gasteiger partial charge in [0.25, 0.3) is 0 Å². The zero-order valence-corrected chi connectivity index (χ0v) is 10.1. The number of rotatable bonds is 3. The maximum Gasteiger partial charge on any atom is 0.225 e. The molecule has 0 spiro atoms. The molecule has 1 amide bonds. The van der Waals surface area contributed by atoms with Gasteiger partial charge in [0.15, 0.2) is 0 Å². The number of carbonyl (C=O) groups excluding carboxylic acids is 1. The second-order valence-corrected chi connectivity index (χ2v) is 5.61.